The lowest BCUT2D eigenvalue weighted by atomic mass is 10.3. The van der Waals surface area contributed by atoms with Gasteiger partial charge in [0.25, 0.3) is 0 Å². The van der Waals surface area contributed by atoms with E-state index >= 15 is 0 Å². The van der Waals surface area contributed by atoms with Crippen molar-refractivity contribution < 1.29 is 14.1 Å². The molecule has 0 spiro atoms. The van der Waals surface area contributed by atoms with E-state index in [1.54, 1.807) is 0 Å². The number of carboxylic acids is 1. The molecule has 0 aliphatic carbocycles. The van der Waals surface area contributed by atoms with Crippen LogP contribution in [0.1, 0.15) is 13.3 Å². The Morgan fingerprint density at radius 1 is 1.69 bits per heavy atom. The van der Waals surface area contributed by atoms with E-state index in [0.717, 1.165) is 6.54 Å². The molecule has 0 aromatic heterocycles. The monoisotopic (exact) mass is 205 g/mol. The number of carbonyl (C=O) groups is 1. The van der Waals surface area contributed by atoms with E-state index in [-0.39, 0.29) is 12.5 Å². The third-order valence-corrected chi connectivity index (χ3v) is 3.76. The summed E-state index contributed by atoms with van der Waals surface area (Å²) in [4.78, 5) is 12.4. The SMILES string of the molecule is CC1CS(=O)CCN1CCC(=O)O. The van der Waals surface area contributed by atoms with E-state index in [1.807, 2.05) is 6.92 Å². The van der Waals surface area contributed by atoms with Gasteiger partial charge in [0.2, 0.25) is 0 Å². The maximum Gasteiger partial charge on any atom is 0.304 e. The quantitative estimate of drug-likeness (QED) is 0.700. The number of nitrogens with zero attached hydrogens (tertiary/aromatic N) is 1. The zero-order chi connectivity index (χ0) is 9.84. The minimum absolute atomic E-state index is 0.178. The van der Waals surface area contributed by atoms with Crippen molar-refractivity contribution in [2.75, 3.05) is 24.6 Å². The van der Waals surface area contributed by atoms with Crippen molar-refractivity contribution in [3.63, 3.8) is 0 Å². The number of aliphatic carboxylic acids is 1. The van der Waals surface area contributed by atoms with Crippen LogP contribution in [0.2, 0.25) is 0 Å². The highest BCUT2D eigenvalue weighted by Gasteiger charge is 2.22. The van der Waals surface area contributed by atoms with Crippen LogP contribution in [0.25, 0.3) is 0 Å². The third kappa shape index (κ3) is 3.44. The van der Waals surface area contributed by atoms with E-state index in [0.29, 0.717) is 18.1 Å². The maximum atomic E-state index is 11.1. The van der Waals surface area contributed by atoms with Gasteiger partial charge in [-0.15, -0.1) is 0 Å². The highest BCUT2D eigenvalue weighted by atomic mass is 32.2. The summed E-state index contributed by atoms with van der Waals surface area (Å²) in [6.07, 6.45) is 0.178. The highest BCUT2D eigenvalue weighted by molar-refractivity contribution is 7.85. The Morgan fingerprint density at radius 2 is 2.38 bits per heavy atom. The van der Waals surface area contributed by atoms with Gasteiger partial charge in [0.15, 0.2) is 0 Å². The topological polar surface area (TPSA) is 57.6 Å². The van der Waals surface area contributed by atoms with Crippen LogP contribution in [0.5, 0.6) is 0 Å². The van der Waals surface area contributed by atoms with Gasteiger partial charge >= 0.3 is 5.97 Å². The first-order valence-corrected chi connectivity index (χ1v) is 5.89. The molecule has 1 aliphatic rings. The summed E-state index contributed by atoms with van der Waals surface area (Å²) in [5, 5.41) is 8.50. The Balaban J connectivity index is 2.33. The first kappa shape index (κ1) is 10.7. The molecule has 0 bridgehead atoms. The zero-order valence-electron chi connectivity index (χ0n) is 7.73. The Hall–Kier alpha value is -0.420. The molecule has 0 radical (unpaired) electrons. The van der Waals surface area contributed by atoms with Gasteiger partial charge in [-0.3, -0.25) is 13.9 Å². The Bertz CT molecular complexity index is 219. The fraction of sp³-hybridized carbons (Fsp3) is 0.875. The smallest absolute Gasteiger partial charge is 0.304 e. The number of hydrogen-bond donors (Lipinski definition) is 1. The normalized spacial score (nSPS) is 30.2. The molecule has 13 heavy (non-hydrogen) atoms. The summed E-state index contributed by atoms with van der Waals surface area (Å²) >= 11 is 0. The van der Waals surface area contributed by atoms with Gasteiger partial charge in [-0.05, 0) is 6.92 Å². The van der Waals surface area contributed by atoms with Gasteiger partial charge in [0.05, 0.1) is 6.42 Å². The van der Waals surface area contributed by atoms with E-state index in [9.17, 15) is 9.00 Å². The summed E-state index contributed by atoms with van der Waals surface area (Å²) in [6, 6.07) is 0.258. The van der Waals surface area contributed by atoms with Crippen molar-refractivity contribution in [3.8, 4) is 0 Å². The van der Waals surface area contributed by atoms with Crippen LogP contribution in [0, 0.1) is 0 Å². The number of carboxylic acid groups (broad SMARTS) is 1. The molecule has 1 fully saturated rings. The van der Waals surface area contributed by atoms with Crippen LogP contribution in [0.15, 0.2) is 0 Å². The molecule has 0 saturated carbocycles. The standard InChI is InChI=1S/C8H15NO3S/c1-7-6-13(12)5-4-9(7)3-2-8(10)11/h7H,2-6H2,1H3,(H,10,11). The molecule has 2 unspecified atom stereocenters. The van der Waals surface area contributed by atoms with E-state index in [1.165, 1.54) is 0 Å². The second kappa shape index (κ2) is 4.72. The first-order valence-electron chi connectivity index (χ1n) is 4.40. The second-order valence-corrected chi connectivity index (χ2v) is 4.96. The summed E-state index contributed by atoms with van der Waals surface area (Å²) in [5.41, 5.74) is 0. The predicted octanol–water partition coefficient (Wildman–Crippen LogP) is -0.0861. The molecule has 1 aliphatic heterocycles. The third-order valence-electron chi connectivity index (χ3n) is 2.27. The average Bonchev–Trinajstić information content (AvgIpc) is 2.02. The van der Waals surface area contributed by atoms with Crippen molar-refractivity contribution in [1.29, 1.82) is 0 Å². The first-order chi connectivity index (χ1) is 6.09. The summed E-state index contributed by atoms with van der Waals surface area (Å²) in [7, 11) is -0.694. The highest BCUT2D eigenvalue weighted by Crippen LogP contribution is 2.08. The molecule has 0 amide bonds. The lowest BCUT2D eigenvalue weighted by Crippen LogP contribution is -2.45. The Morgan fingerprint density at radius 3 is 2.92 bits per heavy atom. The predicted molar refractivity (Wildman–Crippen MR) is 51.2 cm³/mol. The van der Waals surface area contributed by atoms with E-state index in [2.05, 4.69) is 4.90 Å². The zero-order valence-corrected chi connectivity index (χ0v) is 8.55. The van der Waals surface area contributed by atoms with Crippen molar-refractivity contribution in [3.05, 3.63) is 0 Å². The molecule has 0 aromatic carbocycles. The number of rotatable bonds is 3. The van der Waals surface area contributed by atoms with Gasteiger partial charge in [0, 0.05) is 41.4 Å². The molecule has 1 rings (SSSR count). The summed E-state index contributed by atoms with van der Waals surface area (Å²) in [5.74, 6) is 0.600. The maximum absolute atomic E-state index is 11.1. The minimum atomic E-state index is -0.765. The van der Waals surface area contributed by atoms with Gasteiger partial charge in [0.1, 0.15) is 0 Å². The minimum Gasteiger partial charge on any atom is -0.481 e. The Kier molecular flexibility index (Phi) is 3.87. The van der Waals surface area contributed by atoms with Crippen molar-refractivity contribution in [1.82, 2.24) is 4.90 Å². The molecule has 1 N–H and O–H groups in total. The molecule has 76 valence electrons. The van der Waals surface area contributed by atoms with E-state index < -0.39 is 16.8 Å². The fourth-order valence-corrected chi connectivity index (χ4v) is 2.82. The molecule has 4 nitrogen and oxygen atoms in total. The fourth-order valence-electron chi connectivity index (χ4n) is 1.47. The lowest BCUT2D eigenvalue weighted by molar-refractivity contribution is -0.137. The Labute approximate surface area is 80.4 Å². The molecular weight excluding hydrogens is 190 g/mol. The molecule has 1 heterocycles. The summed E-state index contributed by atoms with van der Waals surface area (Å²) in [6.45, 7) is 3.34. The molecule has 0 aromatic rings. The number of hydrogen-bond acceptors (Lipinski definition) is 3. The van der Waals surface area contributed by atoms with Crippen molar-refractivity contribution in [2.24, 2.45) is 0 Å². The van der Waals surface area contributed by atoms with Gasteiger partial charge < -0.3 is 5.11 Å². The molecule has 1 saturated heterocycles. The second-order valence-electron chi connectivity index (χ2n) is 3.34. The average molecular weight is 205 g/mol. The van der Waals surface area contributed by atoms with Crippen LogP contribution in [0.4, 0.5) is 0 Å². The van der Waals surface area contributed by atoms with Gasteiger partial charge in [-0.2, -0.15) is 0 Å². The van der Waals surface area contributed by atoms with E-state index in [4.69, 9.17) is 5.11 Å². The van der Waals surface area contributed by atoms with Gasteiger partial charge in [-0.25, -0.2) is 0 Å². The molecular formula is C8H15NO3S. The van der Waals surface area contributed by atoms with Crippen LogP contribution >= 0.6 is 0 Å². The van der Waals surface area contributed by atoms with Gasteiger partial charge in [-0.1, -0.05) is 0 Å². The van der Waals surface area contributed by atoms with Crippen LogP contribution in [-0.2, 0) is 15.6 Å². The largest absolute Gasteiger partial charge is 0.481 e. The lowest BCUT2D eigenvalue weighted by Gasteiger charge is -2.32. The van der Waals surface area contributed by atoms with Crippen LogP contribution in [0.3, 0.4) is 0 Å². The molecule has 2 atom stereocenters. The van der Waals surface area contributed by atoms with Crippen molar-refractivity contribution in [2.45, 2.75) is 19.4 Å². The van der Waals surface area contributed by atoms with Crippen LogP contribution < -0.4 is 0 Å². The van der Waals surface area contributed by atoms with Crippen molar-refractivity contribution >= 4 is 16.8 Å². The van der Waals surface area contributed by atoms with Crippen LogP contribution in [-0.4, -0.2) is 50.8 Å². The summed E-state index contributed by atoms with van der Waals surface area (Å²) < 4.78 is 11.1. The molecule has 5 heteroatoms.